The van der Waals surface area contributed by atoms with Crippen molar-refractivity contribution in [1.29, 1.82) is 0 Å². The topological polar surface area (TPSA) is 55.8 Å². The normalized spacial score (nSPS) is 14.0. The Hall–Kier alpha value is -3.05. The molecule has 1 aliphatic rings. The number of hydrogen-bond acceptors (Lipinski definition) is 5. The summed E-state index contributed by atoms with van der Waals surface area (Å²) >= 11 is 6.22. The van der Waals surface area contributed by atoms with E-state index in [0.29, 0.717) is 21.7 Å². The number of aryl methyl sites for hydroxylation is 2. The largest absolute Gasteiger partial charge is 0.463 e. The highest BCUT2D eigenvalue weighted by Gasteiger charge is 2.36. The quantitative estimate of drug-likeness (QED) is 0.560. The van der Waals surface area contributed by atoms with Crippen molar-refractivity contribution in [2.45, 2.75) is 33.6 Å². The van der Waals surface area contributed by atoms with Crippen LogP contribution in [-0.4, -0.2) is 25.2 Å². The van der Waals surface area contributed by atoms with Crippen molar-refractivity contribution < 1.29 is 19.1 Å². The fourth-order valence-electron chi connectivity index (χ4n) is 3.50. The van der Waals surface area contributed by atoms with Gasteiger partial charge in [0.25, 0.3) is 0 Å². The van der Waals surface area contributed by atoms with Gasteiger partial charge in [-0.2, -0.15) is 0 Å². The Balaban J connectivity index is 2.19. The summed E-state index contributed by atoms with van der Waals surface area (Å²) in [5, 5.41) is 0.514. The SMILES string of the molecule is CCOC(=O)C1=CN(c2ccc(C)c(C)c2)C=C(C(=O)OCC)C1c1cccc(Cl)c1. The standard InChI is InChI=1S/C25H26ClNO4/c1-5-30-24(28)21-14-27(20-11-10-16(3)17(4)12-20)15-22(25(29)31-6-2)23(21)18-8-7-9-19(26)13-18/h7-15,23H,5-6H2,1-4H3. The van der Waals surface area contributed by atoms with Crippen molar-refractivity contribution in [1.82, 2.24) is 0 Å². The van der Waals surface area contributed by atoms with E-state index in [1.807, 2.05) is 38.1 Å². The van der Waals surface area contributed by atoms with E-state index in [9.17, 15) is 9.59 Å². The number of esters is 2. The third-order valence-electron chi connectivity index (χ3n) is 5.17. The lowest BCUT2D eigenvalue weighted by molar-refractivity contribution is -0.139. The van der Waals surface area contributed by atoms with Gasteiger partial charge in [-0.3, -0.25) is 0 Å². The number of anilines is 1. The number of hydrogen-bond donors (Lipinski definition) is 0. The first kappa shape index (κ1) is 22.6. The van der Waals surface area contributed by atoms with Crippen LogP contribution in [-0.2, 0) is 19.1 Å². The van der Waals surface area contributed by atoms with Crippen LogP contribution < -0.4 is 4.90 Å². The predicted molar refractivity (Wildman–Crippen MR) is 122 cm³/mol. The van der Waals surface area contributed by atoms with E-state index in [4.69, 9.17) is 21.1 Å². The molecule has 0 aliphatic carbocycles. The van der Waals surface area contributed by atoms with Crippen LogP contribution in [0.15, 0.2) is 66.0 Å². The molecule has 2 aromatic carbocycles. The van der Waals surface area contributed by atoms with Crippen LogP contribution in [0.4, 0.5) is 5.69 Å². The van der Waals surface area contributed by atoms with Crippen LogP contribution in [0.25, 0.3) is 0 Å². The van der Waals surface area contributed by atoms with Crippen molar-refractivity contribution in [2.24, 2.45) is 0 Å². The highest BCUT2D eigenvalue weighted by molar-refractivity contribution is 6.30. The molecule has 0 radical (unpaired) electrons. The summed E-state index contributed by atoms with van der Waals surface area (Å²) in [6, 6.07) is 13.1. The minimum Gasteiger partial charge on any atom is -0.463 e. The molecular weight excluding hydrogens is 414 g/mol. The van der Waals surface area contributed by atoms with Crippen LogP contribution >= 0.6 is 11.6 Å². The molecule has 1 aliphatic heterocycles. The summed E-state index contributed by atoms with van der Waals surface area (Å²) in [6.45, 7) is 7.99. The van der Waals surface area contributed by atoms with Crippen LogP contribution in [0.3, 0.4) is 0 Å². The Labute approximate surface area is 187 Å². The molecule has 31 heavy (non-hydrogen) atoms. The maximum atomic E-state index is 13.0. The van der Waals surface area contributed by atoms with Gasteiger partial charge in [0.2, 0.25) is 0 Å². The van der Waals surface area contributed by atoms with Gasteiger partial charge in [-0.05, 0) is 68.7 Å². The summed E-state index contributed by atoms with van der Waals surface area (Å²) in [4.78, 5) is 27.7. The summed E-state index contributed by atoms with van der Waals surface area (Å²) in [5.41, 5.74) is 4.48. The monoisotopic (exact) mass is 439 g/mol. The first-order valence-electron chi connectivity index (χ1n) is 10.2. The van der Waals surface area contributed by atoms with Crippen molar-refractivity contribution >= 4 is 29.2 Å². The van der Waals surface area contributed by atoms with Gasteiger partial charge in [0.1, 0.15) is 0 Å². The van der Waals surface area contributed by atoms with Crippen molar-refractivity contribution in [3.63, 3.8) is 0 Å². The van der Waals surface area contributed by atoms with Gasteiger partial charge < -0.3 is 14.4 Å². The Kier molecular flexibility index (Phi) is 7.18. The zero-order valence-corrected chi connectivity index (χ0v) is 18.9. The van der Waals surface area contributed by atoms with E-state index in [2.05, 4.69) is 0 Å². The number of carbonyl (C=O) groups excluding carboxylic acids is 2. The molecule has 6 heteroatoms. The average Bonchev–Trinajstić information content (AvgIpc) is 2.75. The maximum Gasteiger partial charge on any atom is 0.336 e. The molecule has 3 rings (SSSR count). The molecule has 1 heterocycles. The van der Waals surface area contributed by atoms with Crippen LogP contribution in [0.1, 0.15) is 36.5 Å². The average molecular weight is 440 g/mol. The highest BCUT2D eigenvalue weighted by Crippen LogP contribution is 2.39. The van der Waals surface area contributed by atoms with Crippen LogP contribution in [0.2, 0.25) is 5.02 Å². The van der Waals surface area contributed by atoms with Crippen molar-refractivity contribution in [2.75, 3.05) is 18.1 Å². The molecule has 0 amide bonds. The predicted octanol–water partition coefficient (Wildman–Crippen LogP) is 5.45. The number of benzene rings is 2. The number of carbonyl (C=O) groups is 2. The van der Waals surface area contributed by atoms with E-state index in [-0.39, 0.29) is 13.2 Å². The lowest BCUT2D eigenvalue weighted by Crippen LogP contribution is -2.29. The van der Waals surface area contributed by atoms with E-state index >= 15 is 0 Å². The minimum atomic E-state index is -0.653. The van der Waals surface area contributed by atoms with Crippen molar-refractivity contribution in [3.05, 3.63) is 87.7 Å². The zero-order valence-electron chi connectivity index (χ0n) is 18.1. The Morgan fingerprint density at radius 3 is 2.03 bits per heavy atom. The molecule has 2 aromatic rings. The Morgan fingerprint density at radius 1 is 0.903 bits per heavy atom. The van der Waals surface area contributed by atoms with Crippen molar-refractivity contribution in [3.8, 4) is 0 Å². The second-order valence-electron chi connectivity index (χ2n) is 7.27. The summed E-state index contributed by atoms with van der Waals surface area (Å²) in [6.07, 6.45) is 3.44. The van der Waals surface area contributed by atoms with Gasteiger partial charge in [-0.25, -0.2) is 9.59 Å². The van der Waals surface area contributed by atoms with Gasteiger partial charge in [-0.1, -0.05) is 29.8 Å². The van der Waals surface area contributed by atoms with Gasteiger partial charge >= 0.3 is 11.9 Å². The molecular formula is C25H26ClNO4. The summed E-state index contributed by atoms with van der Waals surface area (Å²) in [5.74, 6) is -1.63. The second-order valence-corrected chi connectivity index (χ2v) is 7.71. The minimum absolute atomic E-state index is 0.223. The number of ether oxygens (including phenoxy) is 2. The molecule has 0 saturated heterocycles. The first-order chi connectivity index (χ1) is 14.8. The lowest BCUT2D eigenvalue weighted by atomic mass is 9.83. The highest BCUT2D eigenvalue weighted by atomic mass is 35.5. The molecule has 0 saturated carbocycles. The fourth-order valence-corrected chi connectivity index (χ4v) is 3.70. The molecule has 0 spiro atoms. The fraction of sp³-hybridized carbons (Fsp3) is 0.280. The first-order valence-corrected chi connectivity index (χ1v) is 10.6. The molecule has 0 atom stereocenters. The van der Waals surface area contributed by atoms with Gasteiger partial charge in [0, 0.05) is 23.1 Å². The van der Waals surface area contributed by atoms with Gasteiger partial charge in [-0.15, -0.1) is 0 Å². The number of nitrogens with zero attached hydrogens (tertiary/aromatic N) is 1. The third kappa shape index (κ3) is 5.00. The van der Waals surface area contributed by atoms with Gasteiger partial charge in [0.15, 0.2) is 0 Å². The molecule has 0 bridgehead atoms. The zero-order chi connectivity index (χ0) is 22.5. The second kappa shape index (κ2) is 9.84. The molecule has 0 unspecified atom stereocenters. The van der Waals surface area contributed by atoms with Crippen LogP contribution in [0, 0.1) is 13.8 Å². The van der Waals surface area contributed by atoms with Gasteiger partial charge in [0.05, 0.1) is 30.3 Å². The van der Waals surface area contributed by atoms with E-state index in [1.54, 1.807) is 49.3 Å². The molecule has 0 aromatic heterocycles. The molecule has 0 N–H and O–H groups in total. The lowest BCUT2D eigenvalue weighted by Gasteiger charge is -2.30. The number of rotatable bonds is 6. The van der Waals surface area contributed by atoms with E-state index < -0.39 is 17.9 Å². The van der Waals surface area contributed by atoms with Crippen LogP contribution in [0.5, 0.6) is 0 Å². The Morgan fingerprint density at radius 2 is 1.52 bits per heavy atom. The molecule has 0 fully saturated rings. The molecule has 162 valence electrons. The number of halogens is 1. The third-order valence-corrected chi connectivity index (χ3v) is 5.41. The summed E-state index contributed by atoms with van der Waals surface area (Å²) in [7, 11) is 0. The molecule has 5 nitrogen and oxygen atoms in total. The van der Waals surface area contributed by atoms with E-state index in [0.717, 1.165) is 16.8 Å². The Bertz CT molecular complexity index is 1020. The van der Waals surface area contributed by atoms with E-state index in [1.165, 1.54) is 0 Å². The summed E-state index contributed by atoms with van der Waals surface area (Å²) < 4.78 is 10.7. The smallest absolute Gasteiger partial charge is 0.336 e. The maximum absolute atomic E-state index is 13.0.